The second-order valence-corrected chi connectivity index (χ2v) is 10.6. The quantitative estimate of drug-likeness (QED) is 0.254. The molecule has 0 saturated carbocycles. The molecule has 1 atom stereocenters. The predicted molar refractivity (Wildman–Crippen MR) is 165 cm³/mol. The van der Waals surface area contributed by atoms with Crippen LogP contribution in [0, 0.1) is 6.92 Å². The molecule has 42 heavy (non-hydrogen) atoms. The Kier molecular flexibility index (Phi) is 10.6. The first-order chi connectivity index (χ1) is 20.3. The number of carbonyl (C=O) groups is 3. The standard InChI is InChI=1S/C33H40N4O5/c1-4-16-36(18-15-24(3)27-10-6-5-9-23(27)2)29-14-13-25(20-28(29)35-33(41)30-11-8-19-42-30)32(40)34-21-26(38)22-37-17-7-12-31(37)39/h5-6,8-11,13-14,19-20,26,38H,3-4,7,12,15-18,21-22H2,1-2H3,(H,34,40)(H,35,41). The Labute approximate surface area is 247 Å². The highest BCUT2D eigenvalue weighted by Crippen LogP contribution is 2.30. The molecular formula is C33H40N4O5. The van der Waals surface area contributed by atoms with Crippen molar-refractivity contribution in [3.8, 4) is 0 Å². The average Bonchev–Trinajstić information content (AvgIpc) is 3.66. The van der Waals surface area contributed by atoms with Gasteiger partial charge in [-0.3, -0.25) is 14.4 Å². The third-order valence-electron chi connectivity index (χ3n) is 7.40. The molecule has 1 aliphatic heterocycles. The number of hydrogen-bond donors (Lipinski definition) is 3. The summed E-state index contributed by atoms with van der Waals surface area (Å²) in [6, 6.07) is 16.6. The summed E-state index contributed by atoms with van der Waals surface area (Å²) in [5, 5.41) is 16.1. The Morgan fingerprint density at radius 1 is 1.12 bits per heavy atom. The van der Waals surface area contributed by atoms with Crippen LogP contribution in [0.1, 0.15) is 64.6 Å². The minimum atomic E-state index is -0.880. The smallest absolute Gasteiger partial charge is 0.291 e. The van der Waals surface area contributed by atoms with Gasteiger partial charge in [-0.25, -0.2) is 0 Å². The maximum atomic E-state index is 13.1. The van der Waals surface area contributed by atoms with E-state index >= 15 is 0 Å². The molecule has 1 saturated heterocycles. The largest absolute Gasteiger partial charge is 0.459 e. The van der Waals surface area contributed by atoms with Gasteiger partial charge >= 0.3 is 0 Å². The Hall–Kier alpha value is -4.37. The van der Waals surface area contributed by atoms with Crippen molar-refractivity contribution in [2.45, 2.75) is 45.6 Å². The lowest BCUT2D eigenvalue weighted by molar-refractivity contribution is -0.128. The minimum Gasteiger partial charge on any atom is -0.459 e. The number of anilines is 2. The van der Waals surface area contributed by atoms with E-state index in [0.29, 0.717) is 30.8 Å². The summed E-state index contributed by atoms with van der Waals surface area (Å²) in [7, 11) is 0. The molecule has 3 N–H and O–H groups in total. The number of aryl methyl sites for hydroxylation is 1. The first kappa shape index (κ1) is 30.6. The summed E-state index contributed by atoms with van der Waals surface area (Å²) in [4.78, 5) is 41.7. The van der Waals surface area contributed by atoms with Crippen molar-refractivity contribution < 1.29 is 23.9 Å². The molecule has 1 fully saturated rings. The number of hydrogen-bond acceptors (Lipinski definition) is 6. The van der Waals surface area contributed by atoms with Gasteiger partial charge < -0.3 is 30.0 Å². The molecule has 4 rings (SSSR count). The van der Waals surface area contributed by atoms with Crippen molar-refractivity contribution >= 4 is 34.7 Å². The van der Waals surface area contributed by atoms with Crippen LogP contribution in [0.2, 0.25) is 0 Å². The van der Waals surface area contributed by atoms with Gasteiger partial charge in [0.15, 0.2) is 5.76 Å². The first-order valence-corrected chi connectivity index (χ1v) is 14.5. The summed E-state index contributed by atoms with van der Waals surface area (Å²) in [6.07, 6.45) is 3.42. The fraction of sp³-hybridized carbons (Fsp3) is 0.364. The highest BCUT2D eigenvalue weighted by atomic mass is 16.3. The molecular weight excluding hydrogens is 532 g/mol. The molecule has 0 spiro atoms. The number of rotatable bonds is 14. The van der Waals surface area contributed by atoms with Crippen molar-refractivity contribution in [1.29, 1.82) is 0 Å². The number of aliphatic hydroxyl groups is 1. The Bertz CT molecular complexity index is 1400. The third-order valence-corrected chi connectivity index (χ3v) is 7.40. The fourth-order valence-electron chi connectivity index (χ4n) is 5.17. The fourth-order valence-corrected chi connectivity index (χ4v) is 5.17. The van der Waals surface area contributed by atoms with Crippen LogP contribution < -0.4 is 15.5 Å². The van der Waals surface area contributed by atoms with E-state index in [1.54, 1.807) is 29.2 Å². The van der Waals surface area contributed by atoms with Crippen LogP contribution in [0.25, 0.3) is 5.57 Å². The predicted octanol–water partition coefficient (Wildman–Crippen LogP) is 4.87. The number of nitrogens with one attached hydrogen (secondary N) is 2. The summed E-state index contributed by atoms with van der Waals surface area (Å²) in [5.74, 6) is -0.639. The molecule has 0 radical (unpaired) electrons. The van der Waals surface area contributed by atoms with Gasteiger partial charge in [0.05, 0.1) is 23.7 Å². The van der Waals surface area contributed by atoms with Gasteiger partial charge in [0.2, 0.25) is 5.91 Å². The molecule has 2 heterocycles. The highest BCUT2D eigenvalue weighted by molar-refractivity contribution is 6.05. The van der Waals surface area contributed by atoms with E-state index < -0.39 is 17.9 Å². The summed E-state index contributed by atoms with van der Waals surface area (Å²) in [5.41, 5.74) is 4.91. The van der Waals surface area contributed by atoms with E-state index in [2.05, 4.69) is 48.1 Å². The highest BCUT2D eigenvalue weighted by Gasteiger charge is 2.23. The third kappa shape index (κ3) is 7.88. The van der Waals surface area contributed by atoms with Gasteiger partial charge in [0, 0.05) is 44.7 Å². The molecule has 3 amide bonds. The van der Waals surface area contributed by atoms with E-state index in [4.69, 9.17) is 4.42 Å². The Morgan fingerprint density at radius 3 is 2.62 bits per heavy atom. The molecule has 1 aliphatic rings. The number of nitrogens with zero attached hydrogens (tertiary/aromatic N) is 2. The van der Waals surface area contributed by atoms with Crippen LogP contribution in [-0.2, 0) is 4.79 Å². The van der Waals surface area contributed by atoms with Gasteiger partial charge in [0.25, 0.3) is 11.8 Å². The summed E-state index contributed by atoms with van der Waals surface area (Å²) >= 11 is 0. The van der Waals surface area contributed by atoms with Gasteiger partial charge in [0.1, 0.15) is 0 Å². The zero-order valence-corrected chi connectivity index (χ0v) is 24.4. The Balaban J connectivity index is 1.51. The van der Waals surface area contributed by atoms with Gasteiger partial charge in [-0.05, 0) is 73.2 Å². The monoisotopic (exact) mass is 572 g/mol. The van der Waals surface area contributed by atoms with Crippen LogP contribution in [0.4, 0.5) is 11.4 Å². The van der Waals surface area contributed by atoms with Crippen molar-refractivity contribution in [1.82, 2.24) is 10.2 Å². The molecule has 9 nitrogen and oxygen atoms in total. The van der Waals surface area contributed by atoms with E-state index in [-0.39, 0.29) is 24.8 Å². The molecule has 0 aliphatic carbocycles. The summed E-state index contributed by atoms with van der Waals surface area (Å²) in [6.45, 7) is 10.7. The summed E-state index contributed by atoms with van der Waals surface area (Å²) < 4.78 is 5.29. The number of aliphatic hydroxyl groups excluding tert-OH is 1. The minimum absolute atomic E-state index is 0.00142. The van der Waals surface area contributed by atoms with Crippen LogP contribution in [0.3, 0.4) is 0 Å². The number of carbonyl (C=O) groups excluding carboxylic acids is 3. The number of likely N-dealkylation sites (tertiary alicyclic amines) is 1. The topological polar surface area (TPSA) is 115 Å². The number of furan rings is 1. The molecule has 1 aromatic heterocycles. The Morgan fingerprint density at radius 2 is 1.93 bits per heavy atom. The second kappa shape index (κ2) is 14.5. The molecule has 9 heteroatoms. The van der Waals surface area contributed by atoms with E-state index in [9.17, 15) is 19.5 Å². The zero-order valence-electron chi connectivity index (χ0n) is 24.4. The number of benzene rings is 2. The maximum absolute atomic E-state index is 13.1. The number of amides is 3. The lowest BCUT2D eigenvalue weighted by Crippen LogP contribution is -2.40. The van der Waals surface area contributed by atoms with Gasteiger partial charge in [-0.15, -0.1) is 0 Å². The lowest BCUT2D eigenvalue weighted by atomic mass is 9.99. The lowest BCUT2D eigenvalue weighted by Gasteiger charge is -2.28. The van der Waals surface area contributed by atoms with E-state index in [1.807, 2.05) is 18.2 Å². The van der Waals surface area contributed by atoms with Crippen molar-refractivity contribution in [2.24, 2.45) is 0 Å². The molecule has 2 aromatic carbocycles. The van der Waals surface area contributed by atoms with E-state index in [0.717, 1.165) is 42.6 Å². The first-order valence-electron chi connectivity index (χ1n) is 14.5. The van der Waals surface area contributed by atoms with Crippen LogP contribution in [0.15, 0.2) is 71.9 Å². The molecule has 1 unspecified atom stereocenters. The van der Waals surface area contributed by atoms with Gasteiger partial charge in [-0.2, -0.15) is 0 Å². The molecule has 3 aromatic rings. The van der Waals surface area contributed by atoms with Crippen molar-refractivity contribution in [3.05, 3.63) is 89.9 Å². The van der Waals surface area contributed by atoms with Crippen molar-refractivity contribution in [2.75, 3.05) is 42.9 Å². The average molecular weight is 573 g/mol. The van der Waals surface area contributed by atoms with Crippen LogP contribution in [-0.4, -0.2) is 66.6 Å². The molecule has 222 valence electrons. The normalized spacial score (nSPS) is 13.6. The van der Waals surface area contributed by atoms with Crippen LogP contribution in [0.5, 0.6) is 0 Å². The van der Waals surface area contributed by atoms with Crippen molar-refractivity contribution in [3.63, 3.8) is 0 Å². The van der Waals surface area contributed by atoms with Crippen LogP contribution >= 0.6 is 0 Å². The molecule has 0 bridgehead atoms. The van der Waals surface area contributed by atoms with E-state index in [1.165, 1.54) is 11.8 Å². The zero-order chi connectivity index (χ0) is 30.1. The number of β-amino-alcohol motifs (C(OH)–C–C–N with tert-alkyl or cyclic N) is 1. The maximum Gasteiger partial charge on any atom is 0.291 e. The SMILES string of the molecule is C=C(CCN(CCC)c1ccc(C(=O)NCC(O)CN2CCCC2=O)cc1NC(=O)c1ccco1)c1ccccc1C. The van der Waals surface area contributed by atoms with Gasteiger partial charge in [-0.1, -0.05) is 37.8 Å². The second-order valence-electron chi connectivity index (χ2n) is 10.6.